The van der Waals surface area contributed by atoms with E-state index in [-0.39, 0.29) is 75.7 Å². The van der Waals surface area contributed by atoms with E-state index in [9.17, 15) is 29.1 Å². The summed E-state index contributed by atoms with van der Waals surface area (Å²) in [6, 6.07) is 0. The lowest BCUT2D eigenvalue weighted by Crippen LogP contribution is -2.55. The van der Waals surface area contributed by atoms with Crippen LogP contribution < -0.4 is 16.0 Å². The number of rotatable bonds is 18. The van der Waals surface area contributed by atoms with E-state index in [4.69, 9.17) is 19.4 Å². The summed E-state index contributed by atoms with van der Waals surface area (Å²) in [5, 5.41) is 24.3. The lowest BCUT2D eigenvalue weighted by atomic mass is 9.74. The Morgan fingerprint density at radius 3 is 1.64 bits per heavy atom. The zero-order valence-electron chi connectivity index (χ0n) is 29.6. The van der Waals surface area contributed by atoms with Gasteiger partial charge in [0.25, 0.3) is 6.47 Å². The van der Waals surface area contributed by atoms with Crippen LogP contribution in [0.2, 0.25) is 0 Å². The maximum Gasteiger partial charge on any atom is 0.309 e. The molecule has 262 valence electrons. The van der Waals surface area contributed by atoms with Gasteiger partial charge in [0, 0.05) is 24.9 Å². The summed E-state index contributed by atoms with van der Waals surface area (Å²) < 4.78 is 10.4. The van der Waals surface area contributed by atoms with Crippen LogP contribution in [-0.2, 0) is 38.2 Å². The van der Waals surface area contributed by atoms with E-state index in [0.29, 0.717) is 13.0 Å². The minimum absolute atomic E-state index is 0.0451. The summed E-state index contributed by atoms with van der Waals surface area (Å²) in [6.07, 6.45) is 0.651. The summed E-state index contributed by atoms with van der Waals surface area (Å²) in [7, 11) is 0. The van der Waals surface area contributed by atoms with Crippen molar-refractivity contribution >= 4 is 35.9 Å². The molecule has 3 amide bonds. The van der Waals surface area contributed by atoms with E-state index in [1.807, 2.05) is 41.5 Å². The van der Waals surface area contributed by atoms with E-state index < -0.39 is 22.3 Å². The largest absolute Gasteiger partial charge is 0.483 e. The average Bonchev–Trinajstić information content (AvgIpc) is 2.95. The van der Waals surface area contributed by atoms with Gasteiger partial charge in [0.2, 0.25) is 17.7 Å². The normalized spacial score (nSPS) is 10.3. The van der Waals surface area contributed by atoms with Crippen LogP contribution in [0.5, 0.6) is 0 Å². The van der Waals surface area contributed by atoms with E-state index >= 15 is 0 Å². The molecule has 0 spiro atoms. The molecule has 0 aromatic rings. The number of hydrogen-bond acceptors (Lipinski definition) is 8. The second-order valence-electron chi connectivity index (χ2n) is 10.5. The third-order valence-electron chi connectivity index (χ3n) is 5.17. The molecule has 44 heavy (non-hydrogen) atoms. The van der Waals surface area contributed by atoms with Crippen LogP contribution in [0, 0.1) is 10.8 Å². The Morgan fingerprint density at radius 2 is 1.18 bits per heavy atom. The van der Waals surface area contributed by atoms with Gasteiger partial charge in [-0.2, -0.15) is 0 Å². The first kappa shape index (κ1) is 50.6. The van der Waals surface area contributed by atoms with Crippen molar-refractivity contribution in [2.24, 2.45) is 10.8 Å². The molecular weight excluding hydrogens is 574 g/mol. The molecule has 0 fully saturated rings. The lowest BCUT2D eigenvalue weighted by molar-refractivity contribution is -0.150. The van der Waals surface area contributed by atoms with Gasteiger partial charge in [0.05, 0.1) is 25.2 Å². The van der Waals surface area contributed by atoms with Crippen molar-refractivity contribution in [3.05, 3.63) is 0 Å². The molecule has 0 saturated carbocycles. The van der Waals surface area contributed by atoms with Gasteiger partial charge in [0.15, 0.2) is 5.78 Å². The van der Waals surface area contributed by atoms with Crippen molar-refractivity contribution < 1.29 is 48.5 Å². The fourth-order valence-electron chi connectivity index (χ4n) is 3.31. The molecule has 13 heteroatoms. The van der Waals surface area contributed by atoms with Gasteiger partial charge in [-0.3, -0.25) is 28.8 Å². The minimum Gasteiger partial charge on any atom is -0.483 e. The summed E-state index contributed by atoms with van der Waals surface area (Å²) >= 11 is 0. The van der Waals surface area contributed by atoms with Gasteiger partial charge in [-0.05, 0) is 47.5 Å². The van der Waals surface area contributed by atoms with E-state index in [2.05, 4.69) is 16.0 Å². The Kier molecular flexibility index (Phi) is 34.5. The van der Waals surface area contributed by atoms with Crippen LogP contribution in [0.3, 0.4) is 0 Å². The Morgan fingerprint density at radius 1 is 0.727 bits per heavy atom. The smallest absolute Gasteiger partial charge is 0.309 e. The lowest BCUT2D eigenvalue weighted by Gasteiger charge is -2.31. The molecule has 0 aliphatic heterocycles. The number of ketones is 1. The fraction of sp³-hybridized carbons (Fsp3) is 0.806. The first-order valence-electron chi connectivity index (χ1n) is 15.3. The second-order valence-corrected chi connectivity index (χ2v) is 10.5. The summed E-state index contributed by atoms with van der Waals surface area (Å²) in [6.45, 7) is 24.3. The molecule has 0 atom stereocenters. The highest BCUT2D eigenvalue weighted by Gasteiger charge is 2.38. The molecule has 13 nitrogen and oxygen atoms in total. The van der Waals surface area contributed by atoms with Gasteiger partial charge < -0.3 is 35.6 Å². The van der Waals surface area contributed by atoms with Crippen LogP contribution in [0.1, 0.15) is 109 Å². The van der Waals surface area contributed by atoms with E-state index in [1.165, 1.54) is 6.92 Å². The molecule has 0 rings (SSSR count). The third kappa shape index (κ3) is 29.0. The van der Waals surface area contributed by atoms with Crippen molar-refractivity contribution in [3.8, 4) is 0 Å². The summed E-state index contributed by atoms with van der Waals surface area (Å²) in [4.78, 5) is 67.5. The molecule has 0 radical (unpaired) electrons. The number of Topliss-reactive ketones (excluding diaryl/α,β-unsaturated/α-hetero) is 1. The van der Waals surface area contributed by atoms with Gasteiger partial charge in [-0.25, -0.2) is 0 Å². The Labute approximate surface area is 265 Å². The van der Waals surface area contributed by atoms with Crippen molar-refractivity contribution in [2.75, 3.05) is 39.5 Å². The quantitative estimate of drug-likeness (QED) is 0.109. The number of amides is 3. The number of carbonyl (C=O) groups is 6. The topological polar surface area (TPSA) is 197 Å². The molecule has 0 aliphatic rings. The van der Waals surface area contributed by atoms with Gasteiger partial charge in [-0.15, -0.1) is 0 Å². The number of nitrogens with one attached hydrogen (secondary N) is 3. The van der Waals surface area contributed by atoms with Gasteiger partial charge in [0.1, 0.15) is 12.1 Å². The second kappa shape index (κ2) is 30.0. The van der Waals surface area contributed by atoms with Gasteiger partial charge in [-0.1, -0.05) is 55.4 Å². The predicted octanol–water partition coefficient (Wildman–Crippen LogP) is 3.82. The van der Waals surface area contributed by atoms with Gasteiger partial charge >= 0.3 is 5.97 Å². The molecular formula is C31H63N3O10. The number of carbonyl (C=O) groups excluding carboxylic acids is 4. The highest BCUT2D eigenvalue weighted by molar-refractivity contribution is 5.90. The molecule has 0 saturated heterocycles. The zero-order valence-corrected chi connectivity index (χ0v) is 29.6. The van der Waals surface area contributed by atoms with E-state index in [0.717, 1.165) is 0 Å². The van der Waals surface area contributed by atoms with Crippen molar-refractivity contribution in [3.63, 3.8) is 0 Å². The van der Waals surface area contributed by atoms with Crippen LogP contribution in [0.25, 0.3) is 0 Å². The number of aliphatic carboxylic acids is 1. The van der Waals surface area contributed by atoms with E-state index in [1.54, 1.807) is 41.5 Å². The molecule has 0 unspecified atom stereocenters. The average molecular weight is 638 g/mol. The number of carboxylic acids is 1. The first-order valence-corrected chi connectivity index (χ1v) is 15.3. The van der Waals surface area contributed by atoms with Crippen molar-refractivity contribution in [2.45, 2.75) is 115 Å². The highest BCUT2D eigenvalue weighted by atomic mass is 16.5. The third-order valence-corrected chi connectivity index (χ3v) is 5.17. The predicted molar refractivity (Wildman–Crippen MR) is 172 cm³/mol. The molecule has 0 bridgehead atoms. The highest BCUT2D eigenvalue weighted by Crippen LogP contribution is 2.34. The van der Waals surface area contributed by atoms with Crippen LogP contribution in [0.4, 0.5) is 0 Å². The molecule has 0 aliphatic carbocycles. The maximum atomic E-state index is 12.5. The maximum absolute atomic E-state index is 12.5. The van der Waals surface area contributed by atoms with Crippen molar-refractivity contribution in [1.29, 1.82) is 0 Å². The Hall–Kier alpha value is -3.06. The number of hydrogen-bond donors (Lipinski definition) is 5. The zero-order chi connectivity index (χ0) is 36.0. The SMILES string of the molecule is CC.CC.CC.CC(=O)COCCOCCNC(=O)C(C)(C)NC(=O)CCCNC(=O)C(C)(C)CC(C)(C)C(=O)O.O=CO. The first-order chi connectivity index (χ1) is 20.4. The fourth-order valence-corrected chi connectivity index (χ4v) is 3.31. The van der Waals surface area contributed by atoms with Crippen LogP contribution in [-0.4, -0.2) is 91.2 Å². The Bertz CT molecular complexity index is 798. The molecule has 0 aromatic carbocycles. The number of ether oxygens (including phenoxy) is 2. The molecule has 5 N–H and O–H groups in total. The van der Waals surface area contributed by atoms with Crippen molar-refractivity contribution in [1.82, 2.24) is 16.0 Å². The standard InChI is InChI=1S/C24H43N3O8.3C2H6.CH2O2/c1-17(28)15-35-14-13-34-12-11-26-20(31)24(6,7)27-18(29)9-8-10-25-19(30)22(2,3)16-23(4,5)21(32)33;3*1-2;2-1-3/h8-16H2,1-7H3,(H,25,30)(H,26,31)(H,27,29)(H,32,33);3*1-2H3;1H,(H,2,3). The minimum atomic E-state index is -1.13. The summed E-state index contributed by atoms with van der Waals surface area (Å²) in [5.74, 6) is -2.00. The molecule has 0 aromatic heterocycles. The summed E-state index contributed by atoms with van der Waals surface area (Å²) in [5.41, 5.74) is -3.05. The number of carboxylic acid groups (broad SMARTS) is 2. The van der Waals surface area contributed by atoms with Crippen LogP contribution >= 0.6 is 0 Å². The Balaban J connectivity index is -0.000000507. The van der Waals surface area contributed by atoms with Crippen LogP contribution in [0.15, 0.2) is 0 Å². The molecule has 0 heterocycles. The monoisotopic (exact) mass is 637 g/mol.